The molecule has 0 unspecified atom stereocenters. The van der Waals surface area contributed by atoms with Gasteiger partial charge in [0.2, 0.25) is 0 Å². The molecular formula is C18H10ClF6N3OS. The fourth-order valence-corrected chi connectivity index (χ4v) is 3.28. The normalized spacial score (nSPS) is 12.0. The van der Waals surface area contributed by atoms with Gasteiger partial charge in [-0.3, -0.25) is 4.79 Å². The van der Waals surface area contributed by atoms with Crippen molar-refractivity contribution in [3.05, 3.63) is 69.7 Å². The highest BCUT2D eigenvalue weighted by molar-refractivity contribution is 7.14. The average molecular weight is 466 g/mol. The van der Waals surface area contributed by atoms with Crippen molar-refractivity contribution in [1.82, 2.24) is 4.98 Å². The lowest BCUT2D eigenvalue weighted by molar-refractivity contribution is -0.138. The van der Waals surface area contributed by atoms with E-state index < -0.39 is 35.1 Å². The van der Waals surface area contributed by atoms with Crippen LogP contribution in [0.5, 0.6) is 0 Å². The van der Waals surface area contributed by atoms with E-state index in [1.54, 1.807) is 0 Å². The summed E-state index contributed by atoms with van der Waals surface area (Å²) in [4.78, 5) is 16.1. The van der Waals surface area contributed by atoms with E-state index in [9.17, 15) is 31.1 Å². The summed E-state index contributed by atoms with van der Waals surface area (Å²) in [6, 6.07) is 7.03. The minimum Gasteiger partial charge on any atom is -0.330 e. The van der Waals surface area contributed by atoms with Gasteiger partial charge >= 0.3 is 12.4 Å². The molecule has 0 bridgehead atoms. The molecule has 0 aliphatic heterocycles. The van der Waals surface area contributed by atoms with Crippen molar-refractivity contribution in [3.63, 3.8) is 0 Å². The zero-order chi connectivity index (χ0) is 22.1. The van der Waals surface area contributed by atoms with Gasteiger partial charge in [0.1, 0.15) is 5.69 Å². The van der Waals surface area contributed by atoms with Crippen LogP contribution in [-0.2, 0) is 12.4 Å². The Bertz CT molecular complexity index is 1060. The highest BCUT2D eigenvalue weighted by Gasteiger charge is 2.34. The van der Waals surface area contributed by atoms with Crippen LogP contribution in [0.15, 0.2) is 47.8 Å². The summed E-state index contributed by atoms with van der Waals surface area (Å²) in [5.74, 6) is -0.741. The Morgan fingerprint density at radius 1 is 0.967 bits per heavy atom. The Morgan fingerprint density at radius 3 is 2.23 bits per heavy atom. The van der Waals surface area contributed by atoms with Crippen molar-refractivity contribution in [3.8, 4) is 0 Å². The Labute approximate surface area is 174 Å². The topological polar surface area (TPSA) is 54.0 Å². The smallest absolute Gasteiger partial charge is 0.330 e. The van der Waals surface area contributed by atoms with Crippen LogP contribution >= 0.6 is 22.9 Å². The van der Waals surface area contributed by atoms with Gasteiger partial charge in [-0.1, -0.05) is 17.7 Å². The van der Waals surface area contributed by atoms with Gasteiger partial charge in [0, 0.05) is 11.1 Å². The summed E-state index contributed by atoms with van der Waals surface area (Å²) in [6.07, 6.45) is -9.17. The molecule has 0 radical (unpaired) electrons. The summed E-state index contributed by atoms with van der Waals surface area (Å²) in [5, 5.41) is 5.90. The molecule has 3 aromatic rings. The SMILES string of the molecule is O=C(Nc1ccc(C(F)(F)F)cc1)c1csc(Nc2c(Cl)cccc2C(F)(F)F)n1. The van der Waals surface area contributed by atoms with E-state index in [-0.39, 0.29) is 21.5 Å². The standard InChI is InChI=1S/C18H10ClF6N3OS/c19-12-3-1-2-11(18(23,24)25)14(12)28-16-27-13(8-30-16)15(29)26-10-6-4-9(5-7-10)17(20,21)22/h1-8H,(H,26,29)(H,27,28). The predicted octanol–water partition coefficient (Wildman–Crippen LogP) is 6.83. The molecule has 158 valence electrons. The molecule has 0 fully saturated rings. The van der Waals surface area contributed by atoms with Crippen LogP contribution in [0.2, 0.25) is 5.02 Å². The van der Waals surface area contributed by atoms with E-state index in [4.69, 9.17) is 11.6 Å². The quantitative estimate of drug-likeness (QED) is 0.415. The average Bonchev–Trinajstić information content (AvgIpc) is 3.11. The Kier molecular flexibility index (Phi) is 5.95. The largest absolute Gasteiger partial charge is 0.418 e. The first-order valence-electron chi connectivity index (χ1n) is 8.02. The Hall–Kier alpha value is -2.79. The summed E-state index contributed by atoms with van der Waals surface area (Å²) >= 11 is 6.72. The molecule has 2 N–H and O–H groups in total. The third kappa shape index (κ3) is 5.03. The molecule has 0 saturated carbocycles. The molecule has 30 heavy (non-hydrogen) atoms. The third-order valence-electron chi connectivity index (χ3n) is 3.76. The van der Waals surface area contributed by atoms with Crippen LogP contribution in [0.1, 0.15) is 21.6 Å². The fraction of sp³-hybridized carbons (Fsp3) is 0.111. The second kappa shape index (κ2) is 8.15. The molecule has 12 heteroatoms. The van der Waals surface area contributed by atoms with Gasteiger partial charge < -0.3 is 10.6 Å². The zero-order valence-corrected chi connectivity index (χ0v) is 16.1. The number of carbonyl (C=O) groups is 1. The van der Waals surface area contributed by atoms with Crippen LogP contribution < -0.4 is 10.6 Å². The minimum absolute atomic E-state index is 0.0221. The number of benzene rings is 2. The molecule has 1 heterocycles. The van der Waals surface area contributed by atoms with Gasteiger partial charge in [0.25, 0.3) is 5.91 Å². The number of nitrogens with zero attached hydrogens (tertiary/aromatic N) is 1. The van der Waals surface area contributed by atoms with Crippen molar-refractivity contribution in [2.24, 2.45) is 0 Å². The van der Waals surface area contributed by atoms with E-state index >= 15 is 0 Å². The number of hydrogen-bond donors (Lipinski definition) is 2. The first-order valence-corrected chi connectivity index (χ1v) is 9.28. The molecule has 1 amide bonds. The number of aromatic nitrogens is 1. The summed E-state index contributed by atoms with van der Waals surface area (Å²) in [6.45, 7) is 0. The van der Waals surface area contributed by atoms with E-state index in [2.05, 4.69) is 15.6 Å². The van der Waals surface area contributed by atoms with Gasteiger partial charge in [-0.25, -0.2) is 4.98 Å². The van der Waals surface area contributed by atoms with Crippen LogP contribution in [0.25, 0.3) is 0 Å². The summed E-state index contributed by atoms with van der Waals surface area (Å²) in [7, 11) is 0. The van der Waals surface area contributed by atoms with Crippen molar-refractivity contribution in [1.29, 1.82) is 0 Å². The molecule has 3 rings (SSSR count). The van der Waals surface area contributed by atoms with E-state index in [0.29, 0.717) is 0 Å². The number of amides is 1. The maximum atomic E-state index is 13.2. The summed E-state index contributed by atoms with van der Waals surface area (Å²) in [5.41, 5.74) is -2.32. The number of nitrogens with one attached hydrogen (secondary N) is 2. The highest BCUT2D eigenvalue weighted by atomic mass is 35.5. The second-order valence-corrected chi connectivity index (χ2v) is 7.12. The lowest BCUT2D eigenvalue weighted by Crippen LogP contribution is -2.13. The van der Waals surface area contributed by atoms with Crippen molar-refractivity contribution < 1.29 is 31.1 Å². The van der Waals surface area contributed by atoms with Gasteiger partial charge in [-0.15, -0.1) is 11.3 Å². The van der Waals surface area contributed by atoms with E-state index in [1.807, 2.05) is 0 Å². The van der Waals surface area contributed by atoms with Crippen LogP contribution in [0.3, 0.4) is 0 Å². The first-order chi connectivity index (χ1) is 13.9. The molecule has 1 aromatic heterocycles. The third-order valence-corrected chi connectivity index (χ3v) is 4.83. The minimum atomic E-state index is -4.66. The number of para-hydroxylation sites is 1. The lowest BCUT2D eigenvalue weighted by atomic mass is 10.1. The van der Waals surface area contributed by atoms with Gasteiger partial charge in [0.15, 0.2) is 5.13 Å². The molecule has 0 aliphatic rings. The Balaban J connectivity index is 1.75. The van der Waals surface area contributed by atoms with E-state index in [0.717, 1.165) is 47.7 Å². The number of thiazole rings is 1. The number of hydrogen-bond acceptors (Lipinski definition) is 4. The molecule has 0 aliphatic carbocycles. The molecule has 2 aromatic carbocycles. The molecule has 0 saturated heterocycles. The van der Waals surface area contributed by atoms with Crippen LogP contribution in [0, 0.1) is 0 Å². The summed E-state index contributed by atoms with van der Waals surface area (Å²) < 4.78 is 77.2. The number of halogens is 7. The molecule has 4 nitrogen and oxygen atoms in total. The Morgan fingerprint density at radius 2 is 1.63 bits per heavy atom. The number of alkyl halides is 6. The van der Waals surface area contributed by atoms with Gasteiger partial charge in [0.05, 0.1) is 21.8 Å². The fourth-order valence-electron chi connectivity index (χ4n) is 2.37. The first kappa shape index (κ1) is 21.9. The van der Waals surface area contributed by atoms with Gasteiger partial charge in [-0.2, -0.15) is 26.3 Å². The number of carbonyl (C=O) groups excluding carboxylic acids is 1. The number of anilines is 3. The predicted molar refractivity (Wildman–Crippen MR) is 101 cm³/mol. The molecule has 0 spiro atoms. The molecular weight excluding hydrogens is 456 g/mol. The lowest BCUT2D eigenvalue weighted by Gasteiger charge is -2.14. The van der Waals surface area contributed by atoms with Crippen molar-refractivity contribution in [2.75, 3.05) is 10.6 Å². The van der Waals surface area contributed by atoms with E-state index in [1.165, 1.54) is 11.4 Å². The molecule has 0 atom stereocenters. The van der Waals surface area contributed by atoms with Crippen LogP contribution in [0.4, 0.5) is 42.8 Å². The maximum absolute atomic E-state index is 13.2. The van der Waals surface area contributed by atoms with Crippen molar-refractivity contribution >= 4 is 45.4 Å². The second-order valence-electron chi connectivity index (χ2n) is 5.85. The highest BCUT2D eigenvalue weighted by Crippen LogP contribution is 2.40. The number of rotatable bonds is 4. The zero-order valence-electron chi connectivity index (χ0n) is 14.5. The van der Waals surface area contributed by atoms with Gasteiger partial charge in [-0.05, 0) is 36.4 Å². The maximum Gasteiger partial charge on any atom is 0.418 e. The van der Waals surface area contributed by atoms with Crippen LogP contribution in [-0.4, -0.2) is 10.9 Å². The monoisotopic (exact) mass is 465 g/mol. The van der Waals surface area contributed by atoms with Crippen molar-refractivity contribution in [2.45, 2.75) is 12.4 Å².